The second-order valence-corrected chi connectivity index (χ2v) is 4.36. The van der Waals surface area contributed by atoms with Crippen LogP contribution in [-0.4, -0.2) is 55.6 Å². The SMILES string of the molecule is Nc1ccc(OCCN2CCOCC2CO)cc1. The third-order valence-corrected chi connectivity index (χ3v) is 3.09. The lowest BCUT2D eigenvalue weighted by atomic mass is 10.2. The topological polar surface area (TPSA) is 68.0 Å². The number of benzene rings is 1. The van der Waals surface area contributed by atoms with Gasteiger partial charge in [-0.25, -0.2) is 0 Å². The molecule has 1 atom stereocenters. The van der Waals surface area contributed by atoms with Crippen molar-refractivity contribution in [1.82, 2.24) is 4.90 Å². The van der Waals surface area contributed by atoms with E-state index in [2.05, 4.69) is 4.90 Å². The molecule has 1 aromatic carbocycles. The van der Waals surface area contributed by atoms with Crippen LogP contribution in [0.3, 0.4) is 0 Å². The van der Waals surface area contributed by atoms with Gasteiger partial charge in [0, 0.05) is 18.8 Å². The molecule has 0 saturated carbocycles. The summed E-state index contributed by atoms with van der Waals surface area (Å²) in [6.45, 7) is 3.67. The van der Waals surface area contributed by atoms with Gasteiger partial charge in [0.15, 0.2) is 0 Å². The van der Waals surface area contributed by atoms with Crippen molar-refractivity contribution in [2.45, 2.75) is 6.04 Å². The maximum Gasteiger partial charge on any atom is 0.119 e. The lowest BCUT2D eigenvalue weighted by Crippen LogP contribution is -2.48. The molecule has 0 radical (unpaired) electrons. The number of hydrogen-bond donors (Lipinski definition) is 2. The van der Waals surface area contributed by atoms with E-state index < -0.39 is 0 Å². The summed E-state index contributed by atoms with van der Waals surface area (Å²) in [5, 5.41) is 9.23. The maximum atomic E-state index is 9.23. The highest BCUT2D eigenvalue weighted by atomic mass is 16.5. The molecule has 1 aromatic rings. The maximum absolute atomic E-state index is 9.23. The summed E-state index contributed by atoms with van der Waals surface area (Å²) >= 11 is 0. The van der Waals surface area contributed by atoms with Gasteiger partial charge in [0.2, 0.25) is 0 Å². The van der Waals surface area contributed by atoms with Crippen molar-refractivity contribution >= 4 is 5.69 Å². The van der Waals surface area contributed by atoms with Crippen molar-refractivity contribution in [2.24, 2.45) is 0 Å². The number of aliphatic hydroxyl groups is 1. The molecule has 1 unspecified atom stereocenters. The molecular weight excluding hydrogens is 232 g/mol. The van der Waals surface area contributed by atoms with Crippen molar-refractivity contribution in [2.75, 3.05) is 45.3 Å². The first-order valence-corrected chi connectivity index (χ1v) is 6.20. The summed E-state index contributed by atoms with van der Waals surface area (Å²) < 4.78 is 11.0. The van der Waals surface area contributed by atoms with E-state index in [-0.39, 0.29) is 12.6 Å². The fraction of sp³-hybridized carbons (Fsp3) is 0.538. The zero-order chi connectivity index (χ0) is 12.8. The molecule has 1 aliphatic heterocycles. The van der Waals surface area contributed by atoms with Crippen molar-refractivity contribution in [1.29, 1.82) is 0 Å². The molecule has 0 spiro atoms. The Morgan fingerprint density at radius 1 is 1.39 bits per heavy atom. The third-order valence-electron chi connectivity index (χ3n) is 3.09. The van der Waals surface area contributed by atoms with Crippen LogP contribution in [-0.2, 0) is 4.74 Å². The minimum Gasteiger partial charge on any atom is -0.492 e. The Kier molecular flexibility index (Phi) is 4.81. The van der Waals surface area contributed by atoms with Gasteiger partial charge in [-0.2, -0.15) is 0 Å². The Morgan fingerprint density at radius 2 is 2.17 bits per heavy atom. The number of hydrogen-bond acceptors (Lipinski definition) is 5. The zero-order valence-electron chi connectivity index (χ0n) is 10.4. The summed E-state index contributed by atoms with van der Waals surface area (Å²) in [6, 6.07) is 7.45. The number of anilines is 1. The lowest BCUT2D eigenvalue weighted by molar-refractivity contribution is -0.0312. The molecule has 100 valence electrons. The molecule has 0 aromatic heterocycles. The van der Waals surface area contributed by atoms with Crippen molar-refractivity contribution in [3.05, 3.63) is 24.3 Å². The summed E-state index contributed by atoms with van der Waals surface area (Å²) in [4.78, 5) is 2.20. The van der Waals surface area contributed by atoms with E-state index >= 15 is 0 Å². The standard InChI is InChI=1S/C13H20N2O3/c14-11-1-3-13(4-2-11)18-8-6-15-5-7-17-10-12(15)9-16/h1-4,12,16H,5-10,14H2. The van der Waals surface area contributed by atoms with Gasteiger partial charge >= 0.3 is 0 Å². The van der Waals surface area contributed by atoms with Gasteiger partial charge in [-0.05, 0) is 24.3 Å². The van der Waals surface area contributed by atoms with Crippen LogP contribution in [0.25, 0.3) is 0 Å². The van der Waals surface area contributed by atoms with Gasteiger partial charge in [0.25, 0.3) is 0 Å². The first-order chi connectivity index (χ1) is 8.79. The smallest absolute Gasteiger partial charge is 0.119 e. The summed E-state index contributed by atoms with van der Waals surface area (Å²) in [7, 11) is 0. The van der Waals surface area contributed by atoms with Crippen LogP contribution in [0.5, 0.6) is 5.75 Å². The van der Waals surface area contributed by atoms with Crippen molar-refractivity contribution < 1.29 is 14.6 Å². The van der Waals surface area contributed by atoms with E-state index in [9.17, 15) is 5.11 Å². The summed E-state index contributed by atoms with van der Waals surface area (Å²) in [5.74, 6) is 0.818. The van der Waals surface area contributed by atoms with Crippen molar-refractivity contribution in [3.63, 3.8) is 0 Å². The van der Waals surface area contributed by atoms with Gasteiger partial charge in [-0.15, -0.1) is 0 Å². The van der Waals surface area contributed by atoms with Crippen molar-refractivity contribution in [3.8, 4) is 5.75 Å². The van der Waals surface area contributed by atoms with Gasteiger partial charge in [0.1, 0.15) is 12.4 Å². The van der Waals surface area contributed by atoms with E-state index in [1.165, 1.54) is 0 Å². The van der Waals surface area contributed by atoms with Crippen LogP contribution in [0.4, 0.5) is 5.69 Å². The molecule has 1 saturated heterocycles. The quantitative estimate of drug-likeness (QED) is 0.740. The number of nitrogens with zero attached hydrogens (tertiary/aromatic N) is 1. The highest BCUT2D eigenvalue weighted by molar-refractivity contribution is 5.41. The Hall–Kier alpha value is -1.30. The average Bonchev–Trinajstić information content (AvgIpc) is 2.41. The molecule has 3 N–H and O–H groups in total. The molecule has 1 fully saturated rings. The van der Waals surface area contributed by atoms with Crippen LogP contribution in [0.2, 0.25) is 0 Å². The molecule has 5 nitrogen and oxygen atoms in total. The molecule has 0 amide bonds. The Bertz CT molecular complexity index is 356. The van der Waals surface area contributed by atoms with Gasteiger partial charge < -0.3 is 20.3 Å². The Morgan fingerprint density at radius 3 is 2.89 bits per heavy atom. The summed E-state index contributed by atoms with van der Waals surface area (Å²) in [5.41, 5.74) is 6.34. The van der Waals surface area contributed by atoms with Gasteiger partial charge in [0.05, 0.1) is 25.9 Å². The molecule has 5 heteroatoms. The normalized spacial score (nSPS) is 20.8. The second-order valence-electron chi connectivity index (χ2n) is 4.36. The molecule has 2 rings (SSSR count). The molecule has 0 aliphatic carbocycles. The first-order valence-electron chi connectivity index (χ1n) is 6.20. The second kappa shape index (κ2) is 6.58. The van der Waals surface area contributed by atoms with E-state index in [0.717, 1.165) is 31.1 Å². The van der Waals surface area contributed by atoms with Crippen LogP contribution < -0.4 is 10.5 Å². The van der Waals surface area contributed by atoms with E-state index in [1.54, 1.807) is 0 Å². The Labute approximate surface area is 107 Å². The largest absolute Gasteiger partial charge is 0.492 e. The zero-order valence-corrected chi connectivity index (χ0v) is 10.4. The highest BCUT2D eigenvalue weighted by Gasteiger charge is 2.21. The number of ether oxygens (including phenoxy) is 2. The number of aliphatic hydroxyl groups excluding tert-OH is 1. The third kappa shape index (κ3) is 3.60. The fourth-order valence-corrected chi connectivity index (χ4v) is 2.00. The number of nitrogens with two attached hydrogens (primary N) is 1. The molecule has 1 aliphatic rings. The predicted molar refractivity (Wildman–Crippen MR) is 69.6 cm³/mol. The van der Waals surface area contributed by atoms with Crippen LogP contribution >= 0.6 is 0 Å². The molecule has 0 bridgehead atoms. The highest BCUT2D eigenvalue weighted by Crippen LogP contribution is 2.13. The number of rotatable bonds is 5. The lowest BCUT2D eigenvalue weighted by Gasteiger charge is -2.34. The molecule has 18 heavy (non-hydrogen) atoms. The van der Waals surface area contributed by atoms with E-state index in [0.29, 0.717) is 13.2 Å². The average molecular weight is 252 g/mol. The number of morpholine rings is 1. The molecular formula is C13H20N2O3. The van der Waals surface area contributed by atoms with E-state index in [4.69, 9.17) is 15.2 Å². The van der Waals surface area contributed by atoms with Crippen LogP contribution in [0.15, 0.2) is 24.3 Å². The van der Waals surface area contributed by atoms with Gasteiger partial charge in [-0.3, -0.25) is 4.90 Å². The minimum atomic E-state index is 0.0915. The van der Waals surface area contributed by atoms with E-state index in [1.807, 2.05) is 24.3 Å². The van der Waals surface area contributed by atoms with Crippen LogP contribution in [0, 0.1) is 0 Å². The van der Waals surface area contributed by atoms with Crippen LogP contribution in [0.1, 0.15) is 0 Å². The number of nitrogen functional groups attached to an aromatic ring is 1. The molecule has 1 heterocycles. The minimum absolute atomic E-state index is 0.0915. The Balaban J connectivity index is 1.75. The van der Waals surface area contributed by atoms with Gasteiger partial charge in [-0.1, -0.05) is 0 Å². The first kappa shape index (κ1) is 13.1. The fourth-order valence-electron chi connectivity index (χ4n) is 2.00. The predicted octanol–water partition coefficient (Wildman–Crippen LogP) is 0.341. The monoisotopic (exact) mass is 252 g/mol. The summed E-state index contributed by atoms with van der Waals surface area (Å²) in [6.07, 6.45) is 0.